The fraction of sp³-hybridized carbons (Fsp3) is 0.467. The minimum absolute atomic E-state index is 0.152. The van der Waals surface area contributed by atoms with Crippen LogP contribution in [-0.4, -0.2) is 16.9 Å². The largest absolute Gasteiger partial charge is 0.481 e. The Hall–Kier alpha value is -1.42. The number of hydrogen-bond donors (Lipinski definition) is 1. The minimum Gasteiger partial charge on any atom is -0.481 e. The third-order valence-electron chi connectivity index (χ3n) is 2.73. The van der Waals surface area contributed by atoms with E-state index in [1.807, 2.05) is 18.2 Å². The molecule has 19 heavy (non-hydrogen) atoms. The maximum absolute atomic E-state index is 11.6. The summed E-state index contributed by atoms with van der Waals surface area (Å²) in [7, 11) is 0. The van der Waals surface area contributed by atoms with Crippen LogP contribution >= 0.6 is 11.3 Å². The Morgan fingerprint density at radius 2 is 2.05 bits per heavy atom. The SMILES string of the molecule is CCCCCC(=O)C=Cc1ccc(CCC(=O)O)s1. The molecule has 1 rings (SSSR count). The molecule has 0 spiro atoms. The molecule has 0 fully saturated rings. The van der Waals surface area contributed by atoms with Crippen molar-refractivity contribution in [1.29, 1.82) is 0 Å². The van der Waals surface area contributed by atoms with Crippen molar-refractivity contribution in [2.45, 2.75) is 45.4 Å². The molecule has 0 atom stereocenters. The van der Waals surface area contributed by atoms with Crippen LogP contribution in [0.15, 0.2) is 18.2 Å². The second-order valence-electron chi connectivity index (χ2n) is 4.45. The van der Waals surface area contributed by atoms with Gasteiger partial charge in [0.05, 0.1) is 6.42 Å². The molecule has 0 bridgehead atoms. The molecule has 1 aromatic heterocycles. The van der Waals surface area contributed by atoms with E-state index >= 15 is 0 Å². The highest BCUT2D eigenvalue weighted by Gasteiger charge is 2.02. The maximum Gasteiger partial charge on any atom is 0.303 e. The lowest BCUT2D eigenvalue weighted by Gasteiger charge is -1.93. The standard InChI is InChI=1S/C15H20O3S/c1-2-3-4-5-12(16)6-7-13-8-9-14(19-13)10-11-15(17)18/h6-9H,2-5,10-11H2,1H3,(H,17,18). The van der Waals surface area contributed by atoms with Crippen molar-refractivity contribution in [3.63, 3.8) is 0 Å². The normalized spacial score (nSPS) is 11.0. The van der Waals surface area contributed by atoms with Gasteiger partial charge in [0.2, 0.25) is 0 Å². The lowest BCUT2D eigenvalue weighted by molar-refractivity contribution is -0.136. The maximum atomic E-state index is 11.6. The van der Waals surface area contributed by atoms with Gasteiger partial charge in [0.1, 0.15) is 0 Å². The molecule has 0 unspecified atom stereocenters. The van der Waals surface area contributed by atoms with Gasteiger partial charge in [-0.05, 0) is 37.1 Å². The lowest BCUT2D eigenvalue weighted by atomic mass is 10.1. The Balaban J connectivity index is 2.39. The molecule has 0 amide bonds. The van der Waals surface area contributed by atoms with Gasteiger partial charge in [-0.2, -0.15) is 0 Å². The third-order valence-corrected chi connectivity index (χ3v) is 3.84. The van der Waals surface area contributed by atoms with Gasteiger partial charge >= 0.3 is 5.97 Å². The van der Waals surface area contributed by atoms with Gasteiger partial charge in [-0.15, -0.1) is 11.3 Å². The van der Waals surface area contributed by atoms with Crippen LogP contribution in [0.3, 0.4) is 0 Å². The van der Waals surface area contributed by atoms with Gasteiger partial charge in [0, 0.05) is 16.2 Å². The van der Waals surface area contributed by atoms with Crippen LogP contribution in [0, 0.1) is 0 Å². The molecule has 0 aromatic carbocycles. The molecule has 0 aliphatic heterocycles. The van der Waals surface area contributed by atoms with Crippen molar-refractivity contribution in [1.82, 2.24) is 0 Å². The van der Waals surface area contributed by atoms with Gasteiger partial charge in [0.15, 0.2) is 5.78 Å². The number of allylic oxidation sites excluding steroid dienone is 1. The number of ketones is 1. The van der Waals surface area contributed by atoms with Crippen molar-refractivity contribution >= 4 is 29.2 Å². The van der Waals surface area contributed by atoms with E-state index < -0.39 is 5.97 Å². The van der Waals surface area contributed by atoms with Gasteiger partial charge in [-0.1, -0.05) is 19.8 Å². The molecule has 0 saturated carbocycles. The second kappa shape index (κ2) is 8.64. The molecule has 104 valence electrons. The predicted octanol–water partition coefficient (Wildman–Crippen LogP) is 3.93. The molecular formula is C15H20O3S. The van der Waals surface area contributed by atoms with Crippen molar-refractivity contribution in [2.75, 3.05) is 0 Å². The summed E-state index contributed by atoms with van der Waals surface area (Å²) >= 11 is 1.54. The van der Waals surface area contributed by atoms with E-state index in [-0.39, 0.29) is 12.2 Å². The smallest absolute Gasteiger partial charge is 0.303 e. The van der Waals surface area contributed by atoms with Gasteiger partial charge in [-0.25, -0.2) is 0 Å². The summed E-state index contributed by atoms with van der Waals surface area (Å²) in [5.74, 6) is -0.620. The van der Waals surface area contributed by atoms with Crippen LogP contribution in [0.1, 0.15) is 48.8 Å². The number of thiophene rings is 1. The van der Waals surface area contributed by atoms with Crippen LogP contribution in [0.5, 0.6) is 0 Å². The summed E-state index contributed by atoms with van der Waals surface area (Å²) < 4.78 is 0. The Kier molecular flexibility index (Phi) is 7.11. The molecule has 1 aromatic rings. The summed E-state index contributed by atoms with van der Waals surface area (Å²) in [6, 6.07) is 3.85. The molecule has 1 heterocycles. The Bertz CT molecular complexity index is 446. The topological polar surface area (TPSA) is 54.4 Å². The third kappa shape index (κ3) is 6.91. The monoisotopic (exact) mass is 280 g/mol. The number of carboxylic acids is 1. The summed E-state index contributed by atoms with van der Waals surface area (Å²) in [6.45, 7) is 2.12. The molecule has 0 aliphatic carbocycles. The fourth-order valence-electron chi connectivity index (χ4n) is 1.66. The van der Waals surface area contributed by atoms with E-state index in [2.05, 4.69) is 6.92 Å². The Labute approximate surface area is 118 Å². The molecular weight excluding hydrogens is 260 g/mol. The number of unbranched alkanes of at least 4 members (excludes halogenated alkanes) is 2. The zero-order valence-electron chi connectivity index (χ0n) is 11.2. The number of rotatable bonds is 9. The van der Waals surface area contributed by atoms with Gasteiger partial charge in [-0.3, -0.25) is 9.59 Å². The van der Waals surface area contributed by atoms with Crippen molar-refractivity contribution in [2.24, 2.45) is 0 Å². The van der Waals surface area contributed by atoms with Gasteiger partial charge < -0.3 is 5.11 Å². The predicted molar refractivity (Wildman–Crippen MR) is 78.5 cm³/mol. The van der Waals surface area contributed by atoms with Gasteiger partial charge in [0.25, 0.3) is 0 Å². The van der Waals surface area contributed by atoms with Crippen molar-refractivity contribution < 1.29 is 14.7 Å². The molecule has 1 N–H and O–H groups in total. The van der Waals surface area contributed by atoms with E-state index in [1.54, 1.807) is 17.4 Å². The fourth-order valence-corrected chi connectivity index (χ4v) is 2.57. The molecule has 3 nitrogen and oxygen atoms in total. The summed E-state index contributed by atoms with van der Waals surface area (Å²) in [5.41, 5.74) is 0. The second-order valence-corrected chi connectivity index (χ2v) is 5.65. The molecule has 0 saturated heterocycles. The number of aliphatic carboxylic acids is 1. The number of hydrogen-bond acceptors (Lipinski definition) is 3. The number of aryl methyl sites for hydroxylation is 1. The van der Waals surface area contributed by atoms with E-state index in [4.69, 9.17) is 5.11 Å². The zero-order chi connectivity index (χ0) is 14.1. The van der Waals surface area contributed by atoms with Crippen LogP contribution in [0.2, 0.25) is 0 Å². The quantitative estimate of drug-likeness (QED) is 0.551. The molecule has 0 radical (unpaired) electrons. The lowest BCUT2D eigenvalue weighted by Crippen LogP contribution is -1.95. The minimum atomic E-state index is -0.781. The van der Waals surface area contributed by atoms with E-state index in [1.165, 1.54) is 0 Å². The van der Waals surface area contributed by atoms with Crippen molar-refractivity contribution in [3.8, 4) is 0 Å². The van der Waals surface area contributed by atoms with Crippen LogP contribution in [0.25, 0.3) is 6.08 Å². The first-order valence-electron chi connectivity index (χ1n) is 6.63. The Morgan fingerprint density at radius 1 is 1.26 bits per heavy atom. The highest BCUT2D eigenvalue weighted by Crippen LogP contribution is 2.19. The first-order valence-corrected chi connectivity index (χ1v) is 7.45. The van der Waals surface area contributed by atoms with Crippen LogP contribution in [-0.2, 0) is 16.0 Å². The molecule has 4 heteroatoms. The van der Waals surface area contributed by atoms with Crippen LogP contribution in [0.4, 0.5) is 0 Å². The average Bonchev–Trinajstić information content (AvgIpc) is 2.82. The van der Waals surface area contributed by atoms with Crippen LogP contribution < -0.4 is 0 Å². The first kappa shape index (κ1) is 15.6. The zero-order valence-corrected chi connectivity index (χ0v) is 12.0. The van der Waals surface area contributed by atoms with E-state index in [0.717, 1.165) is 29.0 Å². The number of carboxylic acid groups (broad SMARTS) is 1. The summed E-state index contributed by atoms with van der Waals surface area (Å²) in [5, 5.41) is 8.61. The average molecular weight is 280 g/mol. The van der Waals surface area contributed by atoms with E-state index in [0.29, 0.717) is 12.8 Å². The summed E-state index contributed by atoms with van der Waals surface area (Å²) in [4.78, 5) is 24.1. The number of carbonyl (C=O) groups excluding carboxylic acids is 1. The Morgan fingerprint density at radius 3 is 2.74 bits per heavy atom. The van der Waals surface area contributed by atoms with E-state index in [9.17, 15) is 9.59 Å². The first-order chi connectivity index (χ1) is 9.11. The molecule has 0 aliphatic rings. The summed E-state index contributed by atoms with van der Waals surface area (Å²) in [6.07, 6.45) is 7.94. The highest BCUT2D eigenvalue weighted by molar-refractivity contribution is 7.12. The van der Waals surface area contributed by atoms with Crippen molar-refractivity contribution in [3.05, 3.63) is 28.0 Å². The highest BCUT2D eigenvalue weighted by atomic mass is 32.1. The number of carbonyl (C=O) groups is 2.